The molecule has 0 fully saturated rings. The largest absolute Gasteiger partial charge is 0.383 e. The summed E-state index contributed by atoms with van der Waals surface area (Å²) in [7, 11) is 1.70. The monoisotopic (exact) mass is 224 g/mol. The summed E-state index contributed by atoms with van der Waals surface area (Å²) in [6.45, 7) is 0. The van der Waals surface area contributed by atoms with Crippen LogP contribution >= 0.6 is 11.6 Å². The van der Waals surface area contributed by atoms with Gasteiger partial charge in [-0.3, -0.25) is 0 Å². The summed E-state index contributed by atoms with van der Waals surface area (Å²) in [4.78, 5) is 5.34. The lowest BCUT2D eigenvalue weighted by atomic mass is 10.2. The third kappa shape index (κ3) is 2.21. The van der Waals surface area contributed by atoms with Crippen molar-refractivity contribution >= 4 is 17.4 Å². The van der Waals surface area contributed by atoms with E-state index in [9.17, 15) is 0 Å². The van der Waals surface area contributed by atoms with Crippen LogP contribution in [0, 0.1) is 0 Å². The summed E-state index contributed by atoms with van der Waals surface area (Å²) in [6.07, 6.45) is 1.98. The van der Waals surface area contributed by atoms with Crippen LogP contribution in [0.1, 0.15) is 11.4 Å². The summed E-state index contributed by atoms with van der Waals surface area (Å²) >= 11 is 5.81. The number of aryl methyl sites for hydroxylation is 1. The second-order valence-corrected chi connectivity index (χ2v) is 3.51. The lowest BCUT2D eigenvalue weighted by molar-refractivity contribution is 0.628. The average molecular weight is 225 g/mol. The molecule has 0 saturated carbocycles. The van der Waals surface area contributed by atoms with Gasteiger partial charge in [-0.1, -0.05) is 11.6 Å². The zero-order valence-electron chi connectivity index (χ0n) is 8.05. The van der Waals surface area contributed by atoms with Crippen LogP contribution in [0.3, 0.4) is 0 Å². The lowest BCUT2D eigenvalue weighted by Gasteiger charge is -2.01. The minimum atomic E-state index is 0.437. The number of nitrogen functional groups attached to an aromatic ring is 1. The first-order chi connectivity index (χ1) is 7.15. The minimum absolute atomic E-state index is 0.437. The zero-order chi connectivity index (χ0) is 10.8. The second-order valence-electron chi connectivity index (χ2n) is 3.07. The highest BCUT2D eigenvalue weighted by atomic mass is 35.5. The maximum atomic E-state index is 5.81. The van der Waals surface area contributed by atoms with Crippen LogP contribution in [0.5, 0.6) is 0 Å². The summed E-state index contributed by atoms with van der Waals surface area (Å²) in [5, 5.41) is 12.2. The smallest absolute Gasteiger partial charge is 0.179 e. The van der Waals surface area contributed by atoms with Crippen LogP contribution in [-0.4, -0.2) is 25.2 Å². The van der Waals surface area contributed by atoms with Crippen LogP contribution in [0.2, 0.25) is 5.02 Å². The van der Waals surface area contributed by atoms with E-state index in [4.69, 9.17) is 17.3 Å². The Labute approximate surface area is 91.1 Å². The fourth-order valence-corrected chi connectivity index (χ4v) is 1.38. The predicted molar refractivity (Wildman–Crippen MR) is 55.3 cm³/mol. The zero-order valence-corrected chi connectivity index (χ0v) is 8.81. The number of hydrogen-bond donors (Lipinski definition) is 1. The second kappa shape index (κ2) is 3.82. The Hall–Kier alpha value is -1.69. The van der Waals surface area contributed by atoms with Gasteiger partial charge < -0.3 is 5.73 Å². The number of tetrazole rings is 1. The van der Waals surface area contributed by atoms with Crippen molar-refractivity contribution in [1.29, 1.82) is 0 Å². The van der Waals surface area contributed by atoms with E-state index in [0.29, 0.717) is 23.1 Å². The van der Waals surface area contributed by atoms with Crippen molar-refractivity contribution in [3.8, 4) is 0 Å². The molecule has 2 aromatic heterocycles. The van der Waals surface area contributed by atoms with Crippen molar-refractivity contribution in [2.75, 3.05) is 5.73 Å². The molecule has 0 aliphatic heterocycles. The van der Waals surface area contributed by atoms with Gasteiger partial charge in [0.2, 0.25) is 0 Å². The molecule has 0 amide bonds. The summed E-state index contributed by atoms with van der Waals surface area (Å²) in [5.74, 6) is 1.03. The highest BCUT2D eigenvalue weighted by Crippen LogP contribution is 2.16. The molecule has 2 rings (SSSR count). The van der Waals surface area contributed by atoms with Crippen LogP contribution in [0.25, 0.3) is 0 Å². The molecule has 2 heterocycles. The first-order valence-electron chi connectivity index (χ1n) is 4.28. The molecule has 0 saturated heterocycles. The van der Waals surface area contributed by atoms with Gasteiger partial charge in [0, 0.05) is 18.2 Å². The third-order valence-electron chi connectivity index (χ3n) is 1.87. The maximum absolute atomic E-state index is 5.81. The Kier molecular flexibility index (Phi) is 2.51. The standard InChI is InChI=1S/C8H9ClN6/c1-15-13-7(12-14-15)3-5-2-6(9)4-11-8(5)10/h2,4H,3H2,1H3,(H2,10,11). The van der Waals surface area contributed by atoms with Crippen LogP contribution in [-0.2, 0) is 13.5 Å². The molecule has 0 atom stereocenters. The molecular weight excluding hydrogens is 216 g/mol. The van der Waals surface area contributed by atoms with E-state index in [-0.39, 0.29) is 0 Å². The minimum Gasteiger partial charge on any atom is -0.383 e. The number of halogens is 1. The number of nitrogens with zero attached hydrogens (tertiary/aromatic N) is 5. The van der Waals surface area contributed by atoms with Gasteiger partial charge in [0.1, 0.15) is 5.82 Å². The number of aromatic nitrogens is 5. The SMILES string of the molecule is Cn1nnc(Cc2cc(Cl)cnc2N)n1. The molecule has 6 nitrogen and oxygen atoms in total. The normalized spacial score (nSPS) is 10.5. The maximum Gasteiger partial charge on any atom is 0.179 e. The summed E-state index contributed by atoms with van der Waals surface area (Å²) < 4.78 is 0. The van der Waals surface area contributed by atoms with E-state index < -0.39 is 0 Å². The van der Waals surface area contributed by atoms with Crippen molar-refractivity contribution in [2.24, 2.45) is 7.05 Å². The number of hydrogen-bond acceptors (Lipinski definition) is 5. The van der Waals surface area contributed by atoms with Gasteiger partial charge in [-0.15, -0.1) is 10.2 Å². The number of pyridine rings is 1. The quantitative estimate of drug-likeness (QED) is 0.800. The van der Waals surface area contributed by atoms with Crippen LogP contribution in [0.15, 0.2) is 12.3 Å². The topological polar surface area (TPSA) is 82.5 Å². The molecule has 7 heteroatoms. The Morgan fingerprint density at radius 2 is 2.33 bits per heavy atom. The molecule has 0 spiro atoms. The highest BCUT2D eigenvalue weighted by Gasteiger charge is 2.07. The Balaban J connectivity index is 2.27. The van der Waals surface area contributed by atoms with Crippen molar-refractivity contribution < 1.29 is 0 Å². The van der Waals surface area contributed by atoms with Gasteiger partial charge in [-0.25, -0.2) is 4.98 Å². The molecule has 0 aliphatic rings. The average Bonchev–Trinajstić information content (AvgIpc) is 2.58. The fraction of sp³-hybridized carbons (Fsp3) is 0.250. The van der Waals surface area contributed by atoms with E-state index in [1.807, 2.05) is 0 Å². The van der Waals surface area contributed by atoms with E-state index in [0.717, 1.165) is 5.56 Å². The molecule has 0 bridgehead atoms. The molecule has 0 unspecified atom stereocenters. The molecule has 0 aromatic carbocycles. The van der Waals surface area contributed by atoms with Crippen molar-refractivity contribution in [1.82, 2.24) is 25.2 Å². The number of anilines is 1. The predicted octanol–water partition coefficient (Wildman–Crippen LogP) is 0.431. The molecule has 2 aromatic rings. The molecule has 15 heavy (non-hydrogen) atoms. The molecular formula is C8H9ClN6. The van der Waals surface area contributed by atoms with E-state index in [2.05, 4.69) is 20.4 Å². The lowest BCUT2D eigenvalue weighted by Crippen LogP contribution is -2.00. The van der Waals surface area contributed by atoms with Crippen molar-refractivity contribution in [3.05, 3.63) is 28.7 Å². The van der Waals surface area contributed by atoms with Gasteiger partial charge in [-0.2, -0.15) is 4.80 Å². The van der Waals surface area contributed by atoms with Gasteiger partial charge in [0.15, 0.2) is 5.82 Å². The molecule has 2 N–H and O–H groups in total. The molecule has 0 aliphatic carbocycles. The third-order valence-corrected chi connectivity index (χ3v) is 2.07. The van der Waals surface area contributed by atoms with Crippen LogP contribution in [0.4, 0.5) is 5.82 Å². The highest BCUT2D eigenvalue weighted by molar-refractivity contribution is 6.30. The van der Waals surface area contributed by atoms with Crippen molar-refractivity contribution in [2.45, 2.75) is 6.42 Å². The Morgan fingerprint density at radius 3 is 3.00 bits per heavy atom. The summed E-state index contributed by atoms with van der Waals surface area (Å²) in [6, 6.07) is 1.75. The molecule has 0 radical (unpaired) electrons. The van der Waals surface area contributed by atoms with Crippen molar-refractivity contribution in [3.63, 3.8) is 0 Å². The number of nitrogens with two attached hydrogens (primary N) is 1. The molecule has 78 valence electrons. The Morgan fingerprint density at radius 1 is 1.53 bits per heavy atom. The van der Waals surface area contributed by atoms with E-state index >= 15 is 0 Å². The van der Waals surface area contributed by atoms with Gasteiger partial charge in [0.25, 0.3) is 0 Å². The van der Waals surface area contributed by atoms with Gasteiger partial charge >= 0.3 is 0 Å². The Bertz CT molecular complexity index is 480. The first-order valence-corrected chi connectivity index (χ1v) is 4.65. The van der Waals surface area contributed by atoms with Gasteiger partial charge in [-0.05, 0) is 11.3 Å². The van der Waals surface area contributed by atoms with Gasteiger partial charge in [0.05, 0.1) is 12.1 Å². The van der Waals surface area contributed by atoms with Crippen LogP contribution < -0.4 is 5.73 Å². The number of rotatable bonds is 2. The summed E-state index contributed by atoms with van der Waals surface area (Å²) in [5.41, 5.74) is 6.49. The van der Waals surface area contributed by atoms with E-state index in [1.54, 1.807) is 13.1 Å². The first kappa shape index (κ1) is 9.85. The van der Waals surface area contributed by atoms with E-state index in [1.165, 1.54) is 11.0 Å². The fourth-order valence-electron chi connectivity index (χ4n) is 1.20.